The smallest absolute Gasteiger partial charge is 0.216 e. The van der Waals surface area contributed by atoms with Crippen molar-refractivity contribution in [1.29, 1.82) is 0 Å². The van der Waals surface area contributed by atoms with E-state index in [4.69, 9.17) is 4.74 Å². The molecule has 4 aromatic rings. The third-order valence-electron chi connectivity index (χ3n) is 4.90. The molecule has 9 heteroatoms. The summed E-state index contributed by atoms with van der Waals surface area (Å²) in [5.74, 6) is -0.0469. The van der Waals surface area contributed by atoms with Crippen LogP contribution in [0.4, 0.5) is 14.6 Å². The van der Waals surface area contributed by atoms with Gasteiger partial charge in [0.05, 0.1) is 6.54 Å². The zero-order valence-corrected chi connectivity index (χ0v) is 18.0. The lowest BCUT2D eigenvalue weighted by molar-refractivity contribution is -0.119. The highest BCUT2D eigenvalue weighted by molar-refractivity contribution is 5.97. The van der Waals surface area contributed by atoms with Gasteiger partial charge in [-0.1, -0.05) is 0 Å². The summed E-state index contributed by atoms with van der Waals surface area (Å²) >= 11 is 0. The summed E-state index contributed by atoms with van der Waals surface area (Å²) in [4.78, 5) is 24.6. The van der Waals surface area contributed by atoms with Gasteiger partial charge < -0.3 is 15.4 Å². The van der Waals surface area contributed by atoms with Crippen LogP contribution >= 0.6 is 0 Å². The lowest BCUT2D eigenvalue weighted by Crippen LogP contribution is -2.25. The number of carbonyl (C=O) groups is 1. The molecule has 0 saturated carbocycles. The molecule has 0 radical (unpaired) electrons. The average molecular weight is 449 g/mol. The van der Waals surface area contributed by atoms with Crippen molar-refractivity contribution in [2.24, 2.45) is 0 Å². The number of anilines is 1. The molecule has 168 valence electrons. The number of halogens is 2. The number of nitrogens with zero attached hydrogens (tertiary/aromatic N) is 3. The van der Waals surface area contributed by atoms with Crippen molar-refractivity contribution in [3.05, 3.63) is 66.5 Å². The zero-order valence-electron chi connectivity index (χ0n) is 18.0. The number of pyridine rings is 1. The number of amides is 1. The number of benzene rings is 2. The van der Waals surface area contributed by atoms with Crippen molar-refractivity contribution < 1.29 is 18.3 Å². The quantitative estimate of drug-likeness (QED) is 0.411. The van der Waals surface area contributed by atoms with E-state index < -0.39 is 11.6 Å². The number of hydrogen-bond acceptors (Lipinski definition) is 6. The molecule has 2 aromatic heterocycles. The van der Waals surface area contributed by atoms with Gasteiger partial charge in [-0.05, 0) is 48.0 Å². The number of ether oxygens (including phenoxy) is 1. The number of nitrogens with one attached hydrogen (secondary N) is 2. The van der Waals surface area contributed by atoms with Crippen LogP contribution in [0.5, 0.6) is 5.75 Å². The minimum Gasteiger partial charge on any atom is -0.489 e. The molecule has 7 nitrogen and oxygen atoms in total. The maximum absolute atomic E-state index is 14.5. The first-order chi connectivity index (χ1) is 16.0. The number of hydrogen-bond donors (Lipinski definition) is 2. The van der Waals surface area contributed by atoms with E-state index in [1.807, 2.05) is 6.07 Å². The van der Waals surface area contributed by atoms with Crippen LogP contribution in [0.15, 0.2) is 54.9 Å². The molecule has 0 aliphatic carbocycles. The van der Waals surface area contributed by atoms with Crippen molar-refractivity contribution in [2.75, 3.05) is 25.5 Å². The summed E-state index contributed by atoms with van der Waals surface area (Å²) in [5.41, 5.74) is 1.68. The summed E-state index contributed by atoms with van der Waals surface area (Å²) in [6.45, 7) is 1.84. The molecule has 33 heavy (non-hydrogen) atoms. The monoisotopic (exact) mass is 449 g/mol. The highest BCUT2D eigenvalue weighted by Crippen LogP contribution is 2.36. The fourth-order valence-corrected chi connectivity index (χ4v) is 3.39. The van der Waals surface area contributed by atoms with Crippen LogP contribution in [-0.4, -0.2) is 41.1 Å². The molecule has 0 spiro atoms. The van der Waals surface area contributed by atoms with Crippen LogP contribution in [0.1, 0.15) is 6.92 Å². The van der Waals surface area contributed by atoms with Gasteiger partial charge in [0.25, 0.3) is 0 Å². The van der Waals surface area contributed by atoms with Crippen LogP contribution in [0.3, 0.4) is 0 Å². The summed E-state index contributed by atoms with van der Waals surface area (Å²) in [7, 11) is 1.71. The Labute approximate surface area is 188 Å². The van der Waals surface area contributed by atoms with Gasteiger partial charge in [-0.25, -0.2) is 18.7 Å². The van der Waals surface area contributed by atoms with Crippen LogP contribution in [0.2, 0.25) is 0 Å². The first-order valence-corrected chi connectivity index (χ1v) is 10.2. The fourth-order valence-electron chi connectivity index (χ4n) is 3.39. The molecule has 2 heterocycles. The van der Waals surface area contributed by atoms with E-state index in [1.165, 1.54) is 6.92 Å². The lowest BCUT2D eigenvalue weighted by Gasteiger charge is -2.15. The minimum absolute atomic E-state index is 0.0852. The Bertz CT molecular complexity index is 1320. The van der Waals surface area contributed by atoms with Gasteiger partial charge in [-0.2, -0.15) is 0 Å². The normalized spacial score (nSPS) is 10.8. The second-order valence-electron chi connectivity index (χ2n) is 7.21. The molecule has 4 rings (SSSR count). The first kappa shape index (κ1) is 22.1. The van der Waals surface area contributed by atoms with E-state index in [-0.39, 0.29) is 24.6 Å². The highest BCUT2D eigenvalue weighted by atomic mass is 19.1. The van der Waals surface area contributed by atoms with Gasteiger partial charge >= 0.3 is 0 Å². The predicted octanol–water partition coefficient (Wildman–Crippen LogP) is 4.19. The molecule has 2 aromatic carbocycles. The second kappa shape index (κ2) is 9.56. The van der Waals surface area contributed by atoms with E-state index in [9.17, 15) is 13.6 Å². The third kappa shape index (κ3) is 4.87. The van der Waals surface area contributed by atoms with Crippen LogP contribution < -0.4 is 15.4 Å². The van der Waals surface area contributed by atoms with Gasteiger partial charge in [0, 0.05) is 42.9 Å². The summed E-state index contributed by atoms with van der Waals surface area (Å²) < 4.78 is 34.3. The molecular weight excluding hydrogens is 428 g/mol. The standard InChI is InChI=1S/C24H21F2N5O2/c1-14(32)29-8-9-33-21-11-16(18-12-17(25)5-6-20(18)26)10-19-22(21)30-23(31-24(19)27-2)15-4-3-7-28-13-15/h3-7,10-13H,8-9H2,1-2H3,(H,29,32)(H,27,30,31). The van der Waals surface area contributed by atoms with Crippen molar-refractivity contribution in [3.8, 4) is 28.3 Å². The van der Waals surface area contributed by atoms with Gasteiger partial charge in [0.1, 0.15) is 35.3 Å². The number of carbonyl (C=O) groups excluding carboxylic acids is 1. The first-order valence-electron chi connectivity index (χ1n) is 10.2. The number of fused-ring (bicyclic) bond motifs is 1. The maximum atomic E-state index is 14.5. The lowest BCUT2D eigenvalue weighted by atomic mass is 10.0. The number of aromatic nitrogens is 3. The summed E-state index contributed by atoms with van der Waals surface area (Å²) in [6.07, 6.45) is 3.30. The summed E-state index contributed by atoms with van der Waals surface area (Å²) in [6, 6.07) is 10.2. The van der Waals surface area contributed by atoms with E-state index in [0.717, 1.165) is 18.2 Å². The molecule has 2 N–H and O–H groups in total. The predicted molar refractivity (Wildman–Crippen MR) is 122 cm³/mol. The minimum atomic E-state index is -0.571. The van der Waals surface area contributed by atoms with E-state index in [2.05, 4.69) is 25.6 Å². The average Bonchev–Trinajstić information content (AvgIpc) is 2.82. The molecular formula is C24H21F2N5O2. The SMILES string of the molecule is CNc1nc(-c2cccnc2)nc2c(OCCNC(C)=O)cc(-c3cc(F)ccc3F)cc12. The topological polar surface area (TPSA) is 89.0 Å². The molecule has 1 amide bonds. The Morgan fingerprint density at radius 3 is 2.67 bits per heavy atom. The molecule has 0 fully saturated rings. The molecule has 0 atom stereocenters. The van der Waals surface area contributed by atoms with E-state index >= 15 is 0 Å². The molecule has 0 bridgehead atoms. The van der Waals surface area contributed by atoms with Crippen molar-refractivity contribution in [3.63, 3.8) is 0 Å². The van der Waals surface area contributed by atoms with Crippen molar-refractivity contribution in [1.82, 2.24) is 20.3 Å². The Morgan fingerprint density at radius 1 is 1.09 bits per heavy atom. The largest absolute Gasteiger partial charge is 0.489 e. The second-order valence-corrected chi connectivity index (χ2v) is 7.21. The summed E-state index contributed by atoms with van der Waals surface area (Å²) in [5, 5.41) is 6.27. The molecule has 0 unspecified atom stereocenters. The van der Waals surface area contributed by atoms with Crippen LogP contribution in [0, 0.1) is 11.6 Å². The van der Waals surface area contributed by atoms with E-state index in [1.54, 1.807) is 37.6 Å². The van der Waals surface area contributed by atoms with Crippen LogP contribution in [-0.2, 0) is 4.79 Å². The van der Waals surface area contributed by atoms with Gasteiger partial charge in [-0.3, -0.25) is 9.78 Å². The molecule has 0 aliphatic rings. The third-order valence-corrected chi connectivity index (χ3v) is 4.90. The maximum Gasteiger partial charge on any atom is 0.216 e. The highest BCUT2D eigenvalue weighted by Gasteiger charge is 2.17. The Balaban J connectivity index is 1.89. The molecule has 0 saturated heterocycles. The Hall–Kier alpha value is -4.14. The van der Waals surface area contributed by atoms with Crippen LogP contribution in [0.25, 0.3) is 33.4 Å². The Kier molecular flexibility index (Phi) is 6.39. The molecule has 0 aliphatic heterocycles. The fraction of sp³-hybridized carbons (Fsp3) is 0.167. The van der Waals surface area contributed by atoms with Gasteiger partial charge in [0.15, 0.2) is 5.82 Å². The number of rotatable bonds is 7. The van der Waals surface area contributed by atoms with Gasteiger partial charge in [0.2, 0.25) is 5.91 Å². The van der Waals surface area contributed by atoms with Gasteiger partial charge in [-0.15, -0.1) is 0 Å². The van der Waals surface area contributed by atoms with E-state index in [0.29, 0.717) is 39.4 Å². The van der Waals surface area contributed by atoms with Crippen molar-refractivity contribution in [2.45, 2.75) is 6.92 Å². The Morgan fingerprint density at radius 2 is 1.94 bits per heavy atom. The zero-order chi connectivity index (χ0) is 23.4. The van der Waals surface area contributed by atoms with Crippen molar-refractivity contribution >= 4 is 22.6 Å².